The fourth-order valence-corrected chi connectivity index (χ4v) is 2.14. The summed E-state index contributed by atoms with van der Waals surface area (Å²) in [5.74, 6) is -1.60. The molecule has 2 amide bonds. The Morgan fingerprint density at radius 1 is 1.26 bits per heavy atom. The van der Waals surface area contributed by atoms with Crippen LogP contribution in [0.4, 0.5) is 0 Å². The third-order valence-corrected chi connectivity index (χ3v) is 3.35. The van der Waals surface area contributed by atoms with E-state index in [4.69, 9.17) is 16.7 Å². The maximum atomic E-state index is 11.7. The van der Waals surface area contributed by atoms with Gasteiger partial charge in [0.05, 0.1) is 22.8 Å². The van der Waals surface area contributed by atoms with Crippen molar-refractivity contribution < 1.29 is 19.5 Å². The fraction of sp³-hybridized carbons (Fsp3) is 0.250. The number of hydrogen-bond acceptors (Lipinski definition) is 4. The molecule has 0 radical (unpaired) electrons. The van der Waals surface area contributed by atoms with Gasteiger partial charge in [0.15, 0.2) is 0 Å². The first-order chi connectivity index (χ1) is 9.00. The Balaban J connectivity index is 2.38. The summed E-state index contributed by atoms with van der Waals surface area (Å²) >= 11 is 6.97. The maximum Gasteiger partial charge on any atom is 0.304 e. The Hall–Kier alpha value is -1.53. The van der Waals surface area contributed by atoms with E-state index < -0.39 is 17.8 Å². The first-order valence-electron chi connectivity index (χ1n) is 5.39. The van der Waals surface area contributed by atoms with Gasteiger partial charge in [-0.05, 0) is 12.1 Å². The molecule has 0 heterocycles. The molecule has 0 spiro atoms. The zero-order chi connectivity index (χ0) is 14.3. The van der Waals surface area contributed by atoms with Gasteiger partial charge in [-0.1, -0.05) is 23.7 Å². The fourth-order valence-electron chi connectivity index (χ4n) is 1.20. The summed E-state index contributed by atoms with van der Waals surface area (Å²) in [5, 5.41) is 10.9. The van der Waals surface area contributed by atoms with Crippen molar-refractivity contribution in [1.82, 2.24) is 5.32 Å². The molecule has 1 aromatic rings. The minimum atomic E-state index is -0.917. The molecule has 0 aliphatic rings. The van der Waals surface area contributed by atoms with Crippen LogP contribution in [0.15, 0.2) is 24.3 Å². The molecule has 0 aliphatic carbocycles. The van der Waals surface area contributed by atoms with Crippen molar-refractivity contribution >= 4 is 41.1 Å². The molecular weight excluding hydrogens is 290 g/mol. The van der Waals surface area contributed by atoms with Crippen LogP contribution in [0, 0.1) is 0 Å². The minimum absolute atomic E-state index is 0.0175. The average Bonchev–Trinajstić information content (AvgIpc) is 2.35. The van der Waals surface area contributed by atoms with Crippen molar-refractivity contribution in [1.29, 1.82) is 0 Å². The predicted molar refractivity (Wildman–Crippen MR) is 73.5 cm³/mol. The highest BCUT2D eigenvalue weighted by Crippen LogP contribution is 2.14. The first kappa shape index (κ1) is 15.5. The SMILES string of the molecule is O=C(O)CCSCC(=O)NC(=O)c1ccccc1Cl. The van der Waals surface area contributed by atoms with E-state index in [1.54, 1.807) is 18.2 Å². The summed E-state index contributed by atoms with van der Waals surface area (Å²) in [6.07, 6.45) is -0.0175. The minimum Gasteiger partial charge on any atom is -0.481 e. The lowest BCUT2D eigenvalue weighted by molar-refractivity contribution is -0.136. The molecule has 0 atom stereocenters. The topological polar surface area (TPSA) is 83.5 Å². The van der Waals surface area contributed by atoms with Crippen LogP contribution < -0.4 is 5.32 Å². The maximum absolute atomic E-state index is 11.7. The molecule has 19 heavy (non-hydrogen) atoms. The number of nitrogens with one attached hydrogen (secondary N) is 1. The second-order valence-electron chi connectivity index (χ2n) is 3.55. The van der Waals surface area contributed by atoms with Crippen molar-refractivity contribution in [3.63, 3.8) is 0 Å². The molecule has 0 fully saturated rings. The van der Waals surface area contributed by atoms with E-state index in [-0.39, 0.29) is 22.8 Å². The van der Waals surface area contributed by atoms with E-state index in [9.17, 15) is 14.4 Å². The van der Waals surface area contributed by atoms with Gasteiger partial charge in [-0.2, -0.15) is 11.8 Å². The number of carboxylic acids is 1. The second kappa shape index (κ2) is 7.81. The van der Waals surface area contributed by atoms with Crippen LogP contribution in [-0.4, -0.2) is 34.4 Å². The van der Waals surface area contributed by atoms with E-state index >= 15 is 0 Å². The summed E-state index contributed by atoms with van der Waals surface area (Å²) in [6, 6.07) is 6.40. The quantitative estimate of drug-likeness (QED) is 0.783. The predicted octanol–water partition coefficient (Wildman–Crippen LogP) is 1.80. The van der Waals surface area contributed by atoms with Crippen molar-refractivity contribution in [2.24, 2.45) is 0 Å². The number of carbonyl (C=O) groups is 3. The molecule has 0 saturated heterocycles. The van der Waals surface area contributed by atoms with Gasteiger partial charge in [-0.25, -0.2) is 0 Å². The molecule has 5 nitrogen and oxygen atoms in total. The highest BCUT2D eigenvalue weighted by atomic mass is 35.5. The van der Waals surface area contributed by atoms with Crippen molar-refractivity contribution in [2.75, 3.05) is 11.5 Å². The number of amides is 2. The molecule has 0 saturated carbocycles. The van der Waals surface area contributed by atoms with E-state index in [0.29, 0.717) is 5.75 Å². The lowest BCUT2D eigenvalue weighted by Crippen LogP contribution is -2.32. The Morgan fingerprint density at radius 3 is 2.58 bits per heavy atom. The number of halogens is 1. The smallest absolute Gasteiger partial charge is 0.304 e. The van der Waals surface area contributed by atoms with Crippen LogP contribution in [0.2, 0.25) is 5.02 Å². The monoisotopic (exact) mass is 301 g/mol. The summed E-state index contributed by atoms with van der Waals surface area (Å²) in [6.45, 7) is 0. The molecule has 1 rings (SSSR count). The van der Waals surface area contributed by atoms with Crippen molar-refractivity contribution in [2.45, 2.75) is 6.42 Å². The number of rotatable bonds is 6. The van der Waals surface area contributed by atoms with Crippen LogP contribution in [0.1, 0.15) is 16.8 Å². The van der Waals surface area contributed by atoms with Crippen LogP contribution in [0.25, 0.3) is 0 Å². The van der Waals surface area contributed by atoms with Crippen molar-refractivity contribution in [3.05, 3.63) is 34.9 Å². The van der Waals surface area contributed by atoms with Gasteiger partial charge in [0.25, 0.3) is 5.91 Å². The van der Waals surface area contributed by atoms with Crippen molar-refractivity contribution in [3.8, 4) is 0 Å². The van der Waals surface area contributed by atoms with E-state index in [0.717, 1.165) is 11.8 Å². The van der Waals surface area contributed by atoms with Gasteiger partial charge in [-0.3, -0.25) is 19.7 Å². The van der Waals surface area contributed by atoms with Gasteiger partial charge in [0.2, 0.25) is 5.91 Å². The first-order valence-corrected chi connectivity index (χ1v) is 6.92. The van der Waals surface area contributed by atoms with E-state index in [1.165, 1.54) is 6.07 Å². The normalized spacial score (nSPS) is 9.95. The van der Waals surface area contributed by atoms with Crippen LogP contribution in [-0.2, 0) is 9.59 Å². The largest absolute Gasteiger partial charge is 0.481 e. The standard InChI is InChI=1S/C12H12ClNO4S/c13-9-4-2-1-3-8(9)12(18)14-10(15)7-19-6-5-11(16)17/h1-4H,5-7H2,(H,16,17)(H,14,15,18). The Morgan fingerprint density at radius 2 is 1.95 bits per heavy atom. The van der Waals surface area contributed by atoms with Gasteiger partial charge >= 0.3 is 5.97 Å². The van der Waals surface area contributed by atoms with Gasteiger partial charge in [-0.15, -0.1) is 0 Å². The third kappa shape index (κ3) is 5.76. The van der Waals surface area contributed by atoms with Crippen LogP contribution in [0.3, 0.4) is 0 Å². The third-order valence-electron chi connectivity index (χ3n) is 2.06. The number of hydrogen-bond donors (Lipinski definition) is 2. The zero-order valence-electron chi connectivity index (χ0n) is 9.89. The molecule has 1 aromatic carbocycles. The molecule has 0 aromatic heterocycles. The molecule has 7 heteroatoms. The zero-order valence-corrected chi connectivity index (χ0v) is 11.5. The molecule has 102 valence electrons. The number of thioether (sulfide) groups is 1. The molecule has 0 unspecified atom stereocenters. The molecular formula is C12H12ClNO4S. The number of benzene rings is 1. The molecule has 2 N–H and O–H groups in total. The Bertz CT molecular complexity index is 492. The lowest BCUT2D eigenvalue weighted by atomic mass is 10.2. The van der Waals surface area contributed by atoms with Crippen LogP contribution in [0.5, 0.6) is 0 Å². The highest BCUT2D eigenvalue weighted by Gasteiger charge is 2.13. The van der Waals surface area contributed by atoms with E-state index in [2.05, 4.69) is 5.32 Å². The summed E-state index contributed by atoms with van der Waals surface area (Å²) < 4.78 is 0. The number of aliphatic carboxylic acids is 1. The number of carbonyl (C=O) groups excluding carboxylic acids is 2. The van der Waals surface area contributed by atoms with Gasteiger partial charge in [0.1, 0.15) is 0 Å². The Kier molecular flexibility index (Phi) is 6.38. The summed E-state index contributed by atoms with van der Waals surface area (Å²) in [4.78, 5) is 33.4. The summed E-state index contributed by atoms with van der Waals surface area (Å²) in [7, 11) is 0. The van der Waals surface area contributed by atoms with Gasteiger partial charge < -0.3 is 5.11 Å². The second-order valence-corrected chi connectivity index (χ2v) is 5.07. The number of imide groups is 1. The van der Waals surface area contributed by atoms with Gasteiger partial charge in [0, 0.05) is 5.75 Å². The summed E-state index contributed by atoms with van der Waals surface area (Å²) in [5.41, 5.74) is 0.230. The Labute approximate surface area is 119 Å². The number of carboxylic acid groups (broad SMARTS) is 1. The van der Waals surface area contributed by atoms with E-state index in [1.807, 2.05) is 0 Å². The highest BCUT2D eigenvalue weighted by molar-refractivity contribution is 7.99. The molecule has 0 bridgehead atoms. The molecule has 0 aliphatic heterocycles. The lowest BCUT2D eigenvalue weighted by Gasteiger charge is -2.05. The average molecular weight is 302 g/mol. The van der Waals surface area contributed by atoms with Crippen LogP contribution >= 0.6 is 23.4 Å².